The summed E-state index contributed by atoms with van der Waals surface area (Å²) < 4.78 is 37.7. The van der Waals surface area contributed by atoms with Crippen LogP contribution in [0.2, 0.25) is 0 Å². The largest absolute Gasteiger partial charge is 0.442 e. The van der Waals surface area contributed by atoms with Crippen LogP contribution in [-0.4, -0.2) is 35.4 Å². The summed E-state index contributed by atoms with van der Waals surface area (Å²) in [7, 11) is -4.48. The van der Waals surface area contributed by atoms with Gasteiger partial charge in [0.05, 0.1) is 6.04 Å². The van der Waals surface area contributed by atoms with Crippen LogP contribution < -0.4 is 10.6 Å². The highest BCUT2D eigenvalue weighted by Gasteiger charge is 2.32. The van der Waals surface area contributed by atoms with Gasteiger partial charge in [-0.25, -0.2) is 14.5 Å². The van der Waals surface area contributed by atoms with Gasteiger partial charge in [-0.1, -0.05) is 12.8 Å². The maximum atomic E-state index is 12.6. The van der Waals surface area contributed by atoms with Gasteiger partial charge in [0.2, 0.25) is 0 Å². The number of ether oxygens (including phenoxy) is 1. The lowest BCUT2D eigenvalue weighted by molar-refractivity contribution is 0.0515. The number of aromatic nitrogens is 1. The molecule has 1 aromatic heterocycles. The molecule has 9 heteroatoms. The Hall–Kier alpha value is -1.87. The molecule has 1 fully saturated rings. The van der Waals surface area contributed by atoms with Gasteiger partial charge in [-0.15, -0.1) is 0 Å². The molecule has 0 aliphatic heterocycles. The first-order valence-electron chi connectivity index (χ1n) is 7.72. The summed E-state index contributed by atoms with van der Waals surface area (Å²) in [4.78, 5) is 24.3. The highest BCUT2D eigenvalue weighted by atomic mass is 32.2. The zero-order valence-corrected chi connectivity index (χ0v) is 14.7. The van der Waals surface area contributed by atoms with Gasteiger partial charge in [0, 0.05) is 12.3 Å². The Balaban J connectivity index is 2.44. The normalized spacial score (nSPS) is 16.2. The van der Waals surface area contributed by atoms with Crippen LogP contribution in [0.3, 0.4) is 0 Å². The van der Waals surface area contributed by atoms with Crippen LogP contribution in [0.1, 0.15) is 46.5 Å². The van der Waals surface area contributed by atoms with Crippen molar-refractivity contribution in [1.82, 2.24) is 4.68 Å². The van der Waals surface area contributed by atoms with Crippen molar-refractivity contribution in [2.24, 2.45) is 0 Å². The van der Waals surface area contributed by atoms with Gasteiger partial charge in [-0.2, -0.15) is 8.42 Å². The van der Waals surface area contributed by atoms with Crippen molar-refractivity contribution < 1.29 is 22.5 Å². The Morgan fingerprint density at radius 3 is 2.38 bits per heavy atom. The summed E-state index contributed by atoms with van der Waals surface area (Å²) in [5, 5.41) is 1.23. The van der Waals surface area contributed by atoms with Crippen LogP contribution in [0.5, 0.6) is 0 Å². The first-order chi connectivity index (χ1) is 11.0. The first-order valence-corrected chi connectivity index (χ1v) is 9.16. The number of carbonyl (C=O) groups excluding carboxylic acids is 1. The summed E-state index contributed by atoms with van der Waals surface area (Å²) in [6.07, 6.45) is 3.81. The van der Waals surface area contributed by atoms with Crippen molar-refractivity contribution >= 4 is 16.2 Å². The van der Waals surface area contributed by atoms with E-state index in [1.54, 1.807) is 20.8 Å². The molecule has 24 heavy (non-hydrogen) atoms. The maximum absolute atomic E-state index is 12.6. The summed E-state index contributed by atoms with van der Waals surface area (Å²) in [5.74, 6) is 0. The quantitative estimate of drug-likeness (QED) is 0.827. The van der Waals surface area contributed by atoms with Crippen molar-refractivity contribution in [3.05, 3.63) is 28.7 Å². The van der Waals surface area contributed by atoms with Gasteiger partial charge < -0.3 is 4.74 Å². The topological polar surface area (TPSA) is 106 Å². The lowest BCUT2D eigenvalue weighted by atomic mass is 10.2. The number of rotatable bonds is 3. The summed E-state index contributed by atoms with van der Waals surface area (Å²) in [5.41, 5.74) is -1.46. The zero-order chi connectivity index (χ0) is 18.1. The predicted molar refractivity (Wildman–Crippen MR) is 87.2 cm³/mol. The van der Waals surface area contributed by atoms with Crippen LogP contribution in [0, 0.1) is 0 Å². The van der Waals surface area contributed by atoms with E-state index in [-0.39, 0.29) is 6.04 Å². The molecule has 1 aromatic rings. The Morgan fingerprint density at radius 2 is 1.92 bits per heavy atom. The Labute approximate surface area is 140 Å². The zero-order valence-electron chi connectivity index (χ0n) is 13.9. The lowest BCUT2D eigenvalue weighted by Gasteiger charge is -2.32. The van der Waals surface area contributed by atoms with Crippen molar-refractivity contribution in [3.63, 3.8) is 0 Å². The second kappa shape index (κ2) is 6.56. The molecular weight excluding hydrogens is 336 g/mol. The molecule has 1 amide bonds. The van der Waals surface area contributed by atoms with E-state index in [2.05, 4.69) is 0 Å². The molecule has 1 aliphatic rings. The molecule has 0 radical (unpaired) electrons. The molecule has 134 valence electrons. The lowest BCUT2D eigenvalue weighted by Crippen LogP contribution is -2.53. The third-order valence-electron chi connectivity index (χ3n) is 3.65. The van der Waals surface area contributed by atoms with E-state index < -0.39 is 32.3 Å². The number of hydrogen-bond donors (Lipinski definition) is 1. The standard InChI is InChI=1S/C15H22N2O6S/c1-15(2,3)23-14(19)17(11-6-4-5-7-11)16-9-8-12(10-13(16)18)24(20,21)22/h8-11H,4-7H2,1-3H3,(H,20,21,22). The summed E-state index contributed by atoms with van der Waals surface area (Å²) >= 11 is 0. The number of nitrogens with zero attached hydrogens (tertiary/aromatic N) is 2. The fourth-order valence-electron chi connectivity index (χ4n) is 2.66. The number of amides is 1. The fourth-order valence-corrected chi connectivity index (χ4v) is 3.14. The molecule has 0 atom stereocenters. The molecule has 1 aliphatic carbocycles. The van der Waals surface area contributed by atoms with E-state index in [1.807, 2.05) is 0 Å². The van der Waals surface area contributed by atoms with Crippen LogP contribution in [-0.2, 0) is 14.9 Å². The SMILES string of the molecule is CC(C)(C)OC(=O)N(C1CCCC1)n1ccc(S(=O)(=O)O)cc1=O. The first kappa shape index (κ1) is 18.5. The van der Waals surface area contributed by atoms with Gasteiger partial charge >= 0.3 is 6.09 Å². The monoisotopic (exact) mass is 358 g/mol. The fraction of sp³-hybridized carbons (Fsp3) is 0.600. The molecule has 2 rings (SSSR count). The molecule has 0 saturated heterocycles. The third kappa shape index (κ3) is 4.35. The highest BCUT2D eigenvalue weighted by molar-refractivity contribution is 7.85. The molecule has 8 nitrogen and oxygen atoms in total. The molecule has 1 N–H and O–H groups in total. The minimum absolute atomic E-state index is 0.200. The second-order valence-corrected chi connectivity index (χ2v) is 8.21. The van der Waals surface area contributed by atoms with Crippen molar-refractivity contribution in [1.29, 1.82) is 0 Å². The number of pyridine rings is 1. The molecule has 1 saturated carbocycles. The average molecular weight is 358 g/mol. The van der Waals surface area contributed by atoms with Crippen LogP contribution >= 0.6 is 0 Å². The average Bonchev–Trinajstić information content (AvgIpc) is 2.91. The Bertz CT molecular complexity index is 772. The van der Waals surface area contributed by atoms with Crippen molar-refractivity contribution in [2.45, 2.75) is 63.0 Å². The second-order valence-electron chi connectivity index (χ2n) is 6.78. The minimum Gasteiger partial charge on any atom is -0.442 e. The van der Waals surface area contributed by atoms with E-state index in [9.17, 15) is 18.0 Å². The van der Waals surface area contributed by atoms with Gasteiger partial charge in [0.1, 0.15) is 10.5 Å². The Morgan fingerprint density at radius 1 is 1.33 bits per heavy atom. The van der Waals surface area contributed by atoms with E-state index in [0.29, 0.717) is 0 Å². The number of carbonyl (C=O) groups is 1. The van der Waals surface area contributed by atoms with Crippen molar-refractivity contribution in [2.75, 3.05) is 5.01 Å². The van der Waals surface area contributed by atoms with E-state index in [0.717, 1.165) is 48.7 Å². The number of hydrogen-bond acceptors (Lipinski definition) is 5. The van der Waals surface area contributed by atoms with Crippen LogP contribution in [0.4, 0.5) is 4.79 Å². The van der Waals surface area contributed by atoms with E-state index in [4.69, 9.17) is 9.29 Å². The smallest absolute Gasteiger partial charge is 0.429 e. The van der Waals surface area contributed by atoms with Gasteiger partial charge in [0.15, 0.2) is 0 Å². The molecule has 0 aromatic carbocycles. The molecule has 1 heterocycles. The van der Waals surface area contributed by atoms with Crippen LogP contribution in [0.25, 0.3) is 0 Å². The van der Waals surface area contributed by atoms with Crippen LogP contribution in [0.15, 0.2) is 28.0 Å². The maximum Gasteiger partial charge on any atom is 0.429 e. The Kier molecular flexibility index (Phi) is 5.05. The van der Waals surface area contributed by atoms with Crippen molar-refractivity contribution in [3.8, 4) is 0 Å². The highest BCUT2D eigenvalue weighted by Crippen LogP contribution is 2.24. The predicted octanol–water partition coefficient (Wildman–Crippen LogP) is 1.91. The molecular formula is C15H22N2O6S. The summed E-state index contributed by atoms with van der Waals surface area (Å²) in [6.45, 7) is 5.17. The molecule has 0 unspecified atom stereocenters. The minimum atomic E-state index is -4.48. The van der Waals surface area contributed by atoms with E-state index >= 15 is 0 Å². The van der Waals surface area contributed by atoms with Gasteiger partial charge in [-0.3, -0.25) is 9.35 Å². The molecule has 0 bridgehead atoms. The summed E-state index contributed by atoms with van der Waals surface area (Å²) in [6, 6.07) is 1.65. The third-order valence-corrected chi connectivity index (χ3v) is 4.50. The molecule has 0 spiro atoms. The van der Waals surface area contributed by atoms with Gasteiger partial charge in [0.25, 0.3) is 15.7 Å². The van der Waals surface area contributed by atoms with Gasteiger partial charge in [-0.05, 0) is 39.7 Å². The van der Waals surface area contributed by atoms with E-state index in [1.165, 1.54) is 5.01 Å².